The molecule has 2 fully saturated rings. The summed E-state index contributed by atoms with van der Waals surface area (Å²) < 4.78 is 5.39. The number of carbonyl (C=O) groups excluding carboxylic acids is 2. The highest BCUT2D eigenvalue weighted by Crippen LogP contribution is 2.26. The van der Waals surface area contributed by atoms with Crippen molar-refractivity contribution in [1.82, 2.24) is 10.2 Å². The van der Waals surface area contributed by atoms with Crippen LogP contribution < -0.4 is 11.1 Å². The van der Waals surface area contributed by atoms with E-state index in [1.807, 2.05) is 20.8 Å². The normalized spacial score (nSPS) is 28.2. The van der Waals surface area contributed by atoms with Crippen LogP contribution in [-0.4, -0.2) is 47.7 Å². The van der Waals surface area contributed by atoms with E-state index in [4.69, 9.17) is 10.5 Å². The number of rotatable bonds is 1. The van der Waals surface area contributed by atoms with Gasteiger partial charge in [0.2, 0.25) is 5.91 Å². The van der Waals surface area contributed by atoms with Gasteiger partial charge in [-0.2, -0.15) is 0 Å². The Kier molecular flexibility index (Phi) is 4.76. The van der Waals surface area contributed by atoms with E-state index in [1.54, 1.807) is 4.90 Å². The number of hydrogen-bond acceptors (Lipinski definition) is 4. The SMILES string of the molecule is CC(C)(C)OC(=O)N1CCC([C@H]2NC(=O)CC[C@H]2N)CC1. The molecule has 2 aliphatic heterocycles. The molecule has 2 atom stereocenters. The van der Waals surface area contributed by atoms with Crippen LogP contribution in [0.4, 0.5) is 4.79 Å². The van der Waals surface area contributed by atoms with Crippen LogP contribution in [0.5, 0.6) is 0 Å². The number of ether oxygens (including phenoxy) is 1. The Labute approximate surface area is 126 Å². The Morgan fingerprint density at radius 3 is 2.48 bits per heavy atom. The van der Waals surface area contributed by atoms with Crippen LogP contribution in [0.25, 0.3) is 0 Å². The molecule has 2 rings (SSSR count). The molecule has 0 saturated carbocycles. The lowest BCUT2D eigenvalue weighted by molar-refractivity contribution is -0.124. The molecule has 2 amide bonds. The third-order valence-electron chi connectivity index (χ3n) is 4.19. The standard InChI is InChI=1S/C15H27N3O3/c1-15(2,3)21-14(20)18-8-6-10(7-9-18)13-11(16)4-5-12(19)17-13/h10-11,13H,4-9,16H2,1-3H3,(H,17,19)/t11-,13-/m1/s1. The highest BCUT2D eigenvalue weighted by Gasteiger charge is 2.35. The first-order valence-corrected chi connectivity index (χ1v) is 7.79. The van der Waals surface area contributed by atoms with E-state index in [9.17, 15) is 9.59 Å². The van der Waals surface area contributed by atoms with Gasteiger partial charge >= 0.3 is 6.09 Å². The molecule has 3 N–H and O–H groups in total. The van der Waals surface area contributed by atoms with Gasteiger partial charge < -0.3 is 20.7 Å². The minimum atomic E-state index is -0.465. The van der Waals surface area contributed by atoms with Gasteiger partial charge in [-0.3, -0.25) is 4.79 Å². The van der Waals surface area contributed by atoms with Gasteiger partial charge in [0.15, 0.2) is 0 Å². The first-order valence-electron chi connectivity index (χ1n) is 7.79. The number of nitrogens with one attached hydrogen (secondary N) is 1. The van der Waals surface area contributed by atoms with E-state index in [-0.39, 0.29) is 24.1 Å². The van der Waals surface area contributed by atoms with Crippen LogP contribution >= 0.6 is 0 Å². The third-order valence-corrected chi connectivity index (χ3v) is 4.19. The monoisotopic (exact) mass is 297 g/mol. The summed E-state index contributed by atoms with van der Waals surface area (Å²) in [5.41, 5.74) is 5.67. The van der Waals surface area contributed by atoms with Crippen LogP contribution in [0.2, 0.25) is 0 Å². The average molecular weight is 297 g/mol. The summed E-state index contributed by atoms with van der Waals surface area (Å²) in [6, 6.07) is 0.0767. The van der Waals surface area contributed by atoms with Crippen molar-refractivity contribution in [2.24, 2.45) is 11.7 Å². The zero-order chi connectivity index (χ0) is 15.6. The van der Waals surface area contributed by atoms with Crippen molar-refractivity contribution < 1.29 is 14.3 Å². The summed E-state index contributed by atoms with van der Waals surface area (Å²) in [5.74, 6) is 0.444. The van der Waals surface area contributed by atoms with Gasteiger partial charge in [-0.15, -0.1) is 0 Å². The number of nitrogens with two attached hydrogens (primary N) is 1. The maximum atomic E-state index is 12.0. The van der Waals surface area contributed by atoms with E-state index in [0.29, 0.717) is 25.4 Å². The quantitative estimate of drug-likeness (QED) is 0.762. The van der Waals surface area contributed by atoms with E-state index < -0.39 is 5.60 Å². The number of piperidine rings is 2. The molecule has 0 aromatic heterocycles. The molecule has 0 unspecified atom stereocenters. The summed E-state index contributed by atoms with van der Waals surface area (Å²) in [4.78, 5) is 25.3. The van der Waals surface area contributed by atoms with Gasteiger partial charge in [0, 0.05) is 31.6 Å². The molecule has 120 valence electrons. The fourth-order valence-electron chi connectivity index (χ4n) is 3.08. The lowest BCUT2D eigenvalue weighted by atomic mass is 9.82. The molecule has 0 bridgehead atoms. The molecule has 0 aromatic rings. The molecule has 0 spiro atoms. The van der Waals surface area contributed by atoms with Crippen molar-refractivity contribution in [3.05, 3.63) is 0 Å². The summed E-state index contributed by atoms with van der Waals surface area (Å²) in [6.45, 7) is 6.94. The summed E-state index contributed by atoms with van der Waals surface area (Å²) in [6.07, 6.45) is 2.74. The fraction of sp³-hybridized carbons (Fsp3) is 0.867. The van der Waals surface area contributed by atoms with Gasteiger partial charge in [0.1, 0.15) is 5.60 Å². The molecule has 21 heavy (non-hydrogen) atoms. The predicted molar refractivity (Wildman–Crippen MR) is 79.7 cm³/mol. The number of nitrogens with zero attached hydrogens (tertiary/aromatic N) is 1. The largest absolute Gasteiger partial charge is 0.444 e. The molecule has 0 radical (unpaired) electrons. The molecule has 6 nitrogen and oxygen atoms in total. The smallest absolute Gasteiger partial charge is 0.410 e. The van der Waals surface area contributed by atoms with E-state index in [1.165, 1.54) is 0 Å². The Bertz CT molecular complexity index is 397. The summed E-state index contributed by atoms with van der Waals surface area (Å²) in [5, 5.41) is 3.02. The topological polar surface area (TPSA) is 84.7 Å². The summed E-state index contributed by atoms with van der Waals surface area (Å²) >= 11 is 0. The summed E-state index contributed by atoms with van der Waals surface area (Å²) in [7, 11) is 0. The van der Waals surface area contributed by atoms with Crippen molar-refractivity contribution >= 4 is 12.0 Å². The van der Waals surface area contributed by atoms with Crippen molar-refractivity contribution in [3.8, 4) is 0 Å². The minimum absolute atomic E-state index is 0.0285. The Morgan fingerprint density at radius 2 is 1.90 bits per heavy atom. The molecular weight excluding hydrogens is 270 g/mol. The second-order valence-corrected chi connectivity index (χ2v) is 7.10. The van der Waals surface area contributed by atoms with Crippen LogP contribution in [0.1, 0.15) is 46.5 Å². The van der Waals surface area contributed by atoms with Gasteiger partial charge in [-0.25, -0.2) is 4.79 Å². The van der Waals surface area contributed by atoms with Gasteiger partial charge in [0.25, 0.3) is 0 Å². The van der Waals surface area contributed by atoms with E-state index in [2.05, 4.69) is 5.32 Å². The molecule has 0 aromatic carbocycles. The first-order chi connectivity index (χ1) is 9.76. The predicted octanol–water partition coefficient (Wildman–Crippen LogP) is 1.24. The van der Waals surface area contributed by atoms with Crippen LogP contribution in [-0.2, 0) is 9.53 Å². The Hall–Kier alpha value is -1.30. The molecule has 2 aliphatic rings. The second-order valence-electron chi connectivity index (χ2n) is 7.10. The van der Waals surface area contributed by atoms with Crippen molar-refractivity contribution in [2.45, 2.75) is 64.1 Å². The lowest BCUT2D eigenvalue weighted by Gasteiger charge is -2.40. The zero-order valence-electron chi connectivity index (χ0n) is 13.2. The first kappa shape index (κ1) is 16.1. The average Bonchev–Trinajstić information content (AvgIpc) is 2.40. The number of amides is 2. The van der Waals surface area contributed by atoms with E-state index >= 15 is 0 Å². The minimum Gasteiger partial charge on any atom is -0.444 e. The Morgan fingerprint density at radius 1 is 1.29 bits per heavy atom. The second kappa shape index (κ2) is 6.22. The van der Waals surface area contributed by atoms with Crippen LogP contribution in [0.3, 0.4) is 0 Å². The molecular formula is C15H27N3O3. The molecule has 2 saturated heterocycles. The maximum absolute atomic E-state index is 12.0. The highest BCUT2D eigenvalue weighted by molar-refractivity contribution is 5.77. The Balaban J connectivity index is 1.85. The van der Waals surface area contributed by atoms with Crippen molar-refractivity contribution in [2.75, 3.05) is 13.1 Å². The fourth-order valence-corrected chi connectivity index (χ4v) is 3.08. The van der Waals surface area contributed by atoms with Gasteiger partial charge in [-0.05, 0) is 46.0 Å². The van der Waals surface area contributed by atoms with Crippen molar-refractivity contribution in [3.63, 3.8) is 0 Å². The maximum Gasteiger partial charge on any atom is 0.410 e. The highest BCUT2D eigenvalue weighted by atomic mass is 16.6. The molecule has 6 heteroatoms. The van der Waals surface area contributed by atoms with E-state index in [0.717, 1.165) is 19.3 Å². The van der Waals surface area contributed by atoms with Gasteiger partial charge in [-0.1, -0.05) is 0 Å². The molecule has 0 aliphatic carbocycles. The lowest BCUT2D eigenvalue weighted by Crippen LogP contribution is -2.57. The van der Waals surface area contributed by atoms with Crippen LogP contribution in [0, 0.1) is 5.92 Å². The third kappa shape index (κ3) is 4.33. The number of likely N-dealkylation sites (tertiary alicyclic amines) is 1. The van der Waals surface area contributed by atoms with Crippen molar-refractivity contribution in [1.29, 1.82) is 0 Å². The number of carbonyl (C=O) groups is 2. The van der Waals surface area contributed by atoms with Crippen LogP contribution in [0.15, 0.2) is 0 Å². The van der Waals surface area contributed by atoms with Gasteiger partial charge in [0.05, 0.1) is 0 Å². The zero-order valence-corrected chi connectivity index (χ0v) is 13.2. The number of hydrogen-bond donors (Lipinski definition) is 2. The molecule has 2 heterocycles.